The third-order valence-electron chi connectivity index (χ3n) is 3.47. The maximum atomic E-state index is 12.5. The van der Waals surface area contributed by atoms with Crippen LogP contribution in [0.1, 0.15) is 26.7 Å². The van der Waals surface area contributed by atoms with Crippen LogP contribution >= 0.6 is 0 Å². The van der Waals surface area contributed by atoms with E-state index in [1.807, 2.05) is 18.8 Å². The van der Waals surface area contributed by atoms with Crippen LogP contribution in [0.25, 0.3) is 0 Å². The number of aromatic nitrogens is 2. The molecule has 1 N–H and O–H groups in total. The normalized spacial score (nSPS) is 19.7. The molecule has 1 aromatic heterocycles. The Kier molecular flexibility index (Phi) is 3.18. The SMILES string of the molecule is Cn1cc(S(=O)(=O)N2CCCC2(C)C)c(=O)[nH]c1=O. The maximum Gasteiger partial charge on any atom is 0.328 e. The van der Waals surface area contributed by atoms with Gasteiger partial charge in [-0.3, -0.25) is 9.78 Å². The summed E-state index contributed by atoms with van der Waals surface area (Å²) in [6.07, 6.45) is 2.58. The van der Waals surface area contributed by atoms with Crippen molar-refractivity contribution in [1.82, 2.24) is 13.9 Å². The van der Waals surface area contributed by atoms with E-state index in [2.05, 4.69) is 0 Å². The molecule has 0 amide bonds. The molecule has 106 valence electrons. The van der Waals surface area contributed by atoms with Gasteiger partial charge in [-0.2, -0.15) is 4.31 Å². The molecule has 0 aliphatic carbocycles. The van der Waals surface area contributed by atoms with Gasteiger partial charge in [0.2, 0.25) is 0 Å². The standard InChI is InChI=1S/C11H17N3O4S/c1-11(2)5-4-6-14(11)19(17,18)8-7-13(3)10(16)12-9(8)15/h7H,4-6H2,1-3H3,(H,12,15,16). The van der Waals surface area contributed by atoms with Gasteiger partial charge >= 0.3 is 5.69 Å². The van der Waals surface area contributed by atoms with Crippen LogP contribution in [0.2, 0.25) is 0 Å². The van der Waals surface area contributed by atoms with E-state index in [1.54, 1.807) is 0 Å². The van der Waals surface area contributed by atoms with Crippen molar-refractivity contribution in [3.05, 3.63) is 27.0 Å². The van der Waals surface area contributed by atoms with Gasteiger partial charge < -0.3 is 4.57 Å². The lowest BCUT2D eigenvalue weighted by molar-refractivity contribution is 0.291. The molecule has 2 rings (SSSR count). The lowest BCUT2D eigenvalue weighted by Gasteiger charge is -2.30. The summed E-state index contributed by atoms with van der Waals surface area (Å²) >= 11 is 0. The molecule has 0 spiro atoms. The monoisotopic (exact) mass is 287 g/mol. The lowest BCUT2D eigenvalue weighted by atomic mass is 10.0. The quantitative estimate of drug-likeness (QED) is 0.803. The number of nitrogens with one attached hydrogen (secondary N) is 1. The molecule has 0 aromatic carbocycles. The first-order valence-electron chi connectivity index (χ1n) is 5.99. The third kappa shape index (κ3) is 2.25. The molecule has 0 saturated carbocycles. The fraction of sp³-hybridized carbons (Fsp3) is 0.636. The van der Waals surface area contributed by atoms with Gasteiger partial charge in [0, 0.05) is 25.3 Å². The van der Waals surface area contributed by atoms with Crippen molar-refractivity contribution < 1.29 is 8.42 Å². The Labute approximate surface area is 110 Å². The summed E-state index contributed by atoms with van der Waals surface area (Å²) in [5, 5.41) is 0. The van der Waals surface area contributed by atoms with Crippen LogP contribution in [-0.4, -0.2) is 34.4 Å². The van der Waals surface area contributed by atoms with E-state index in [9.17, 15) is 18.0 Å². The van der Waals surface area contributed by atoms with E-state index >= 15 is 0 Å². The Balaban J connectivity index is 2.61. The largest absolute Gasteiger partial charge is 0.328 e. The zero-order valence-electron chi connectivity index (χ0n) is 11.1. The van der Waals surface area contributed by atoms with E-state index in [4.69, 9.17) is 0 Å². The Morgan fingerprint density at radius 3 is 2.47 bits per heavy atom. The van der Waals surface area contributed by atoms with E-state index in [-0.39, 0.29) is 4.90 Å². The average molecular weight is 287 g/mol. The Morgan fingerprint density at radius 1 is 1.32 bits per heavy atom. The van der Waals surface area contributed by atoms with E-state index in [0.29, 0.717) is 6.54 Å². The first kappa shape index (κ1) is 14.0. The molecule has 19 heavy (non-hydrogen) atoms. The molecule has 1 aliphatic rings. The Morgan fingerprint density at radius 2 is 1.95 bits per heavy atom. The smallest absolute Gasteiger partial charge is 0.302 e. The number of hydrogen-bond acceptors (Lipinski definition) is 4. The average Bonchev–Trinajstić information content (AvgIpc) is 2.63. The van der Waals surface area contributed by atoms with Crippen molar-refractivity contribution >= 4 is 10.0 Å². The molecule has 0 atom stereocenters. The van der Waals surface area contributed by atoms with Crippen molar-refractivity contribution in [3.63, 3.8) is 0 Å². The second-order valence-electron chi connectivity index (χ2n) is 5.36. The molecular formula is C11H17N3O4S. The van der Waals surface area contributed by atoms with Gasteiger partial charge in [-0.25, -0.2) is 13.2 Å². The highest BCUT2D eigenvalue weighted by molar-refractivity contribution is 7.89. The number of H-pyrrole nitrogens is 1. The molecule has 1 aromatic rings. The minimum absolute atomic E-state index is 0.385. The second kappa shape index (κ2) is 4.31. The van der Waals surface area contributed by atoms with Gasteiger partial charge in [-0.1, -0.05) is 0 Å². The van der Waals surface area contributed by atoms with Crippen LogP contribution in [0.3, 0.4) is 0 Å². The number of rotatable bonds is 2. The van der Waals surface area contributed by atoms with Gasteiger partial charge in [0.25, 0.3) is 15.6 Å². The van der Waals surface area contributed by atoms with Crippen LogP contribution in [-0.2, 0) is 17.1 Å². The van der Waals surface area contributed by atoms with Gasteiger partial charge in [0.15, 0.2) is 4.90 Å². The van der Waals surface area contributed by atoms with Crippen molar-refractivity contribution in [2.75, 3.05) is 6.54 Å². The first-order valence-corrected chi connectivity index (χ1v) is 7.43. The number of hydrogen-bond donors (Lipinski definition) is 1. The molecule has 8 heteroatoms. The predicted octanol–water partition coefficient (Wildman–Crippen LogP) is -0.363. The number of sulfonamides is 1. The fourth-order valence-electron chi connectivity index (χ4n) is 2.37. The zero-order chi connectivity index (χ0) is 14.4. The van der Waals surface area contributed by atoms with Crippen LogP contribution in [0.5, 0.6) is 0 Å². The number of nitrogens with zero attached hydrogens (tertiary/aromatic N) is 2. The van der Waals surface area contributed by atoms with E-state index in [0.717, 1.165) is 23.6 Å². The first-order chi connectivity index (χ1) is 8.66. The second-order valence-corrected chi connectivity index (χ2v) is 7.19. The highest BCUT2D eigenvalue weighted by Gasteiger charge is 2.42. The van der Waals surface area contributed by atoms with Crippen LogP contribution in [0.15, 0.2) is 20.7 Å². The molecule has 1 aliphatic heterocycles. The van der Waals surface area contributed by atoms with Crippen molar-refractivity contribution in [2.45, 2.75) is 37.1 Å². The zero-order valence-corrected chi connectivity index (χ0v) is 12.0. The summed E-state index contributed by atoms with van der Waals surface area (Å²) in [5.74, 6) is 0. The third-order valence-corrected chi connectivity index (χ3v) is 5.57. The predicted molar refractivity (Wildman–Crippen MR) is 69.5 cm³/mol. The highest BCUT2D eigenvalue weighted by atomic mass is 32.2. The summed E-state index contributed by atoms with van der Waals surface area (Å²) in [7, 11) is -2.49. The molecule has 1 fully saturated rings. The van der Waals surface area contributed by atoms with E-state index < -0.39 is 26.8 Å². The lowest BCUT2D eigenvalue weighted by Crippen LogP contribution is -2.45. The summed E-state index contributed by atoms with van der Waals surface area (Å²) in [6, 6.07) is 0. The Bertz CT molecular complexity index is 714. The molecule has 0 unspecified atom stereocenters. The van der Waals surface area contributed by atoms with E-state index in [1.165, 1.54) is 11.4 Å². The highest BCUT2D eigenvalue weighted by Crippen LogP contribution is 2.32. The fourth-order valence-corrected chi connectivity index (χ4v) is 4.30. The number of aromatic amines is 1. The van der Waals surface area contributed by atoms with Crippen molar-refractivity contribution in [1.29, 1.82) is 0 Å². The van der Waals surface area contributed by atoms with Crippen LogP contribution < -0.4 is 11.2 Å². The minimum atomic E-state index is -3.89. The Hall–Kier alpha value is -1.41. The molecular weight excluding hydrogens is 270 g/mol. The molecule has 0 bridgehead atoms. The van der Waals surface area contributed by atoms with Gasteiger partial charge in [-0.15, -0.1) is 0 Å². The van der Waals surface area contributed by atoms with Crippen LogP contribution in [0.4, 0.5) is 0 Å². The summed E-state index contributed by atoms with van der Waals surface area (Å²) in [4.78, 5) is 24.6. The molecule has 0 radical (unpaired) electrons. The molecule has 2 heterocycles. The van der Waals surface area contributed by atoms with Crippen molar-refractivity contribution in [3.8, 4) is 0 Å². The van der Waals surface area contributed by atoms with Gasteiger partial charge in [0.1, 0.15) is 0 Å². The summed E-state index contributed by atoms with van der Waals surface area (Å²) in [6.45, 7) is 4.04. The topological polar surface area (TPSA) is 92.2 Å². The van der Waals surface area contributed by atoms with Gasteiger partial charge in [-0.05, 0) is 26.7 Å². The maximum absolute atomic E-state index is 12.5. The minimum Gasteiger partial charge on any atom is -0.302 e. The number of aryl methyl sites for hydroxylation is 1. The molecule has 1 saturated heterocycles. The van der Waals surface area contributed by atoms with Crippen LogP contribution in [0, 0.1) is 0 Å². The summed E-state index contributed by atoms with van der Waals surface area (Å²) < 4.78 is 27.4. The van der Waals surface area contributed by atoms with Crippen molar-refractivity contribution in [2.24, 2.45) is 7.05 Å². The van der Waals surface area contributed by atoms with Gasteiger partial charge in [0.05, 0.1) is 0 Å². The molecule has 7 nitrogen and oxygen atoms in total. The summed E-state index contributed by atoms with van der Waals surface area (Å²) in [5.41, 5.74) is -2.02.